The standard InChI is InChI=1S/C15H24N2O/c1-16-8-6-13-7-9-17(11-13)12-14-4-3-5-15(10-14)18-2/h3-5,10,13,16H,6-9,11-12H2,1-2H3. The average Bonchev–Trinajstić information content (AvgIpc) is 2.84. The first-order valence-corrected chi connectivity index (χ1v) is 6.81. The molecule has 0 aromatic heterocycles. The van der Waals surface area contributed by atoms with E-state index in [0.29, 0.717) is 0 Å². The minimum atomic E-state index is 0.864. The third-order valence-electron chi connectivity index (χ3n) is 3.71. The van der Waals surface area contributed by atoms with Crippen molar-refractivity contribution in [1.29, 1.82) is 0 Å². The molecule has 0 amide bonds. The third kappa shape index (κ3) is 3.72. The van der Waals surface area contributed by atoms with Gasteiger partial charge in [-0.15, -0.1) is 0 Å². The Balaban J connectivity index is 1.83. The Morgan fingerprint density at radius 3 is 3.11 bits per heavy atom. The number of hydrogen-bond acceptors (Lipinski definition) is 3. The minimum absolute atomic E-state index is 0.864. The van der Waals surface area contributed by atoms with Gasteiger partial charge in [0.15, 0.2) is 0 Å². The number of methoxy groups -OCH3 is 1. The number of rotatable bonds is 6. The Bertz CT molecular complexity index is 367. The summed E-state index contributed by atoms with van der Waals surface area (Å²) in [5, 5.41) is 3.24. The normalized spacial score (nSPS) is 20.2. The lowest BCUT2D eigenvalue weighted by Gasteiger charge is -2.16. The Morgan fingerprint density at radius 1 is 1.44 bits per heavy atom. The van der Waals surface area contributed by atoms with Crippen LogP contribution < -0.4 is 10.1 Å². The fraction of sp³-hybridized carbons (Fsp3) is 0.600. The number of likely N-dealkylation sites (tertiary alicyclic amines) is 1. The first kappa shape index (κ1) is 13.4. The summed E-state index contributed by atoms with van der Waals surface area (Å²) < 4.78 is 5.27. The van der Waals surface area contributed by atoms with E-state index >= 15 is 0 Å². The van der Waals surface area contributed by atoms with Crippen LogP contribution in [0.5, 0.6) is 5.75 Å². The summed E-state index contributed by atoms with van der Waals surface area (Å²) in [7, 11) is 3.76. The monoisotopic (exact) mass is 248 g/mol. The highest BCUT2D eigenvalue weighted by Gasteiger charge is 2.21. The fourth-order valence-corrected chi connectivity index (χ4v) is 2.67. The Labute approximate surface area is 110 Å². The van der Waals surface area contributed by atoms with Gasteiger partial charge in [0.05, 0.1) is 7.11 Å². The molecule has 1 aliphatic heterocycles. The van der Waals surface area contributed by atoms with Crippen molar-refractivity contribution < 1.29 is 4.74 Å². The highest BCUT2D eigenvalue weighted by atomic mass is 16.5. The van der Waals surface area contributed by atoms with E-state index in [1.807, 2.05) is 13.1 Å². The summed E-state index contributed by atoms with van der Waals surface area (Å²) in [6.07, 6.45) is 2.64. The summed E-state index contributed by atoms with van der Waals surface area (Å²) >= 11 is 0. The molecule has 1 unspecified atom stereocenters. The number of ether oxygens (including phenoxy) is 1. The maximum absolute atomic E-state index is 5.27. The molecule has 0 aliphatic carbocycles. The molecule has 1 heterocycles. The van der Waals surface area contributed by atoms with Crippen LogP contribution in [0.4, 0.5) is 0 Å². The SMILES string of the molecule is CNCCC1CCN(Cc2cccc(OC)c2)C1. The molecular formula is C15H24N2O. The van der Waals surface area contributed by atoms with Crippen LogP contribution >= 0.6 is 0 Å². The molecule has 0 bridgehead atoms. The first-order chi connectivity index (χ1) is 8.81. The zero-order chi connectivity index (χ0) is 12.8. The Kier molecular flexibility index (Phi) is 5.02. The quantitative estimate of drug-likeness (QED) is 0.834. The van der Waals surface area contributed by atoms with Gasteiger partial charge in [0, 0.05) is 13.1 Å². The molecule has 1 atom stereocenters. The van der Waals surface area contributed by atoms with Crippen LogP contribution in [0.25, 0.3) is 0 Å². The average molecular weight is 248 g/mol. The largest absolute Gasteiger partial charge is 0.497 e. The van der Waals surface area contributed by atoms with Gasteiger partial charge in [0.2, 0.25) is 0 Å². The minimum Gasteiger partial charge on any atom is -0.497 e. The molecule has 1 fully saturated rings. The van der Waals surface area contributed by atoms with Gasteiger partial charge in [-0.3, -0.25) is 4.90 Å². The van der Waals surface area contributed by atoms with Gasteiger partial charge in [-0.05, 0) is 56.6 Å². The summed E-state index contributed by atoms with van der Waals surface area (Å²) in [6.45, 7) is 4.65. The van der Waals surface area contributed by atoms with Crippen molar-refractivity contribution in [2.75, 3.05) is 33.8 Å². The molecule has 18 heavy (non-hydrogen) atoms. The number of nitrogens with one attached hydrogen (secondary N) is 1. The Morgan fingerprint density at radius 2 is 2.33 bits per heavy atom. The topological polar surface area (TPSA) is 24.5 Å². The third-order valence-corrected chi connectivity index (χ3v) is 3.71. The van der Waals surface area contributed by atoms with Gasteiger partial charge in [-0.2, -0.15) is 0 Å². The maximum Gasteiger partial charge on any atom is 0.119 e. The summed E-state index contributed by atoms with van der Waals surface area (Å²) in [4.78, 5) is 2.55. The Hall–Kier alpha value is -1.06. The predicted octanol–water partition coefficient (Wildman–Crippen LogP) is 2.13. The molecule has 100 valence electrons. The van der Waals surface area contributed by atoms with Crippen molar-refractivity contribution in [3.8, 4) is 5.75 Å². The van der Waals surface area contributed by atoms with Crippen molar-refractivity contribution in [2.24, 2.45) is 5.92 Å². The summed E-state index contributed by atoms with van der Waals surface area (Å²) in [5.74, 6) is 1.82. The second-order valence-corrected chi connectivity index (χ2v) is 5.13. The van der Waals surface area contributed by atoms with Gasteiger partial charge in [-0.25, -0.2) is 0 Å². The van der Waals surface area contributed by atoms with Crippen LogP contribution in [0.1, 0.15) is 18.4 Å². The van der Waals surface area contributed by atoms with Crippen molar-refractivity contribution in [3.05, 3.63) is 29.8 Å². The van der Waals surface area contributed by atoms with Gasteiger partial charge >= 0.3 is 0 Å². The molecule has 3 heteroatoms. The van der Waals surface area contributed by atoms with Crippen LogP contribution in [-0.2, 0) is 6.54 Å². The van der Waals surface area contributed by atoms with Crippen LogP contribution in [-0.4, -0.2) is 38.7 Å². The molecule has 1 saturated heterocycles. The van der Waals surface area contributed by atoms with E-state index in [1.54, 1.807) is 7.11 Å². The molecule has 1 aromatic carbocycles. The van der Waals surface area contributed by atoms with E-state index in [2.05, 4.69) is 28.4 Å². The second-order valence-electron chi connectivity index (χ2n) is 5.13. The van der Waals surface area contributed by atoms with Crippen molar-refractivity contribution in [2.45, 2.75) is 19.4 Å². The highest BCUT2D eigenvalue weighted by Crippen LogP contribution is 2.22. The lowest BCUT2D eigenvalue weighted by Crippen LogP contribution is -2.21. The number of benzene rings is 1. The molecule has 0 spiro atoms. The maximum atomic E-state index is 5.27. The fourth-order valence-electron chi connectivity index (χ4n) is 2.67. The van der Waals surface area contributed by atoms with Crippen LogP contribution in [0, 0.1) is 5.92 Å². The molecule has 3 nitrogen and oxygen atoms in total. The van der Waals surface area contributed by atoms with Crippen molar-refractivity contribution >= 4 is 0 Å². The summed E-state index contributed by atoms with van der Waals surface area (Å²) in [5.41, 5.74) is 1.35. The zero-order valence-corrected chi connectivity index (χ0v) is 11.5. The van der Waals surface area contributed by atoms with Gasteiger partial charge in [0.25, 0.3) is 0 Å². The second kappa shape index (κ2) is 6.76. The predicted molar refractivity (Wildman–Crippen MR) is 74.9 cm³/mol. The van der Waals surface area contributed by atoms with Crippen LogP contribution in [0.2, 0.25) is 0 Å². The number of nitrogens with zero attached hydrogens (tertiary/aromatic N) is 1. The van der Waals surface area contributed by atoms with Crippen molar-refractivity contribution in [3.63, 3.8) is 0 Å². The van der Waals surface area contributed by atoms with Gasteiger partial charge in [-0.1, -0.05) is 12.1 Å². The van der Waals surface area contributed by atoms with Crippen molar-refractivity contribution in [1.82, 2.24) is 10.2 Å². The molecule has 1 N–H and O–H groups in total. The van der Waals surface area contributed by atoms with Crippen LogP contribution in [0.3, 0.4) is 0 Å². The van der Waals surface area contributed by atoms with E-state index in [9.17, 15) is 0 Å². The highest BCUT2D eigenvalue weighted by molar-refractivity contribution is 5.28. The first-order valence-electron chi connectivity index (χ1n) is 6.81. The molecule has 2 rings (SSSR count). The number of hydrogen-bond donors (Lipinski definition) is 1. The molecule has 1 aliphatic rings. The van der Waals surface area contributed by atoms with E-state index in [0.717, 1.165) is 24.8 Å². The van der Waals surface area contributed by atoms with E-state index in [-0.39, 0.29) is 0 Å². The van der Waals surface area contributed by atoms with Crippen LogP contribution in [0.15, 0.2) is 24.3 Å². The smallest absolute Gasteiger partial charge is 0.119 e. The van der Waals surface area contributed by atoms with E-state index in [4.69, 9.17) is 4.74 Å². The van der Waals surface area contributed by atoms with Gasteiger partial charge < -0.3 is 10.1 Å². The molecule has 0 saturated carbocycles. The molecule has 1 aromatic rings. The van der Waals surface area contributed by atoms with E-state index in [1.165, 1.54) is 31.5 Å². The molecular weight excluding hydrogens is 224 g/mol. The lowest BCUT2D eigenvalue weighted by molar-refractivity contribution is 0.312. The lowest BCUT2D eigenvalue weighted by atomic mass is 10.1. The summed E-state index contributed by atoms with van der Waals surface area (Å²) in [6, 6.07) is 8.40. The van der Waals surface area contributed by atoms with E-state index < -0.39 is 0 Å². The van der Waals surface area contributed by atoms with Gasteiger partial charge in [0.1, 0.15) is 5.75 Å². The zero-order valence-electron chi connectivity index (χ0n) is 11.5. The molecule has 0 radical (unpaired) electrons.